The highest BCUT2D eigenvalue weighted by molar-refractivity contribution is 7.20. The van der Waals surface area contributed by atoms with E-state index in [0.29, 0.717) is 37.4 Å². The van der Waals surface area contributed by atoms with E-state index in [1.54, 1.807) is 9.80 Å². The molecule has 0 aliphatic carbocycles. The number of likely N-dealkylation sites (tertiary alicyclic amines) is 2. The Labute approximate surface area is 203 Å². The van der Waals surface area contributed by atoms with Crippen molar-refractivity contribution in [2.45, 2.75) is 57.0 Å². The van der Waals surface area contributed by atoms with Crippen molar-refractivity contribution in [3.05, 3.63) is 65.2 Å². The van der Waals surface area contributed by atoms with Crippen LogP contribution in [0.5, 0.6) is 0 Å². The first-order valence-corrected chi connectivity index (χ1v) is 13.0. The van der Waals surface area contributed by atoms with Gasteiger partial charge in [0.2, 0.25) is 17.6 Å². The van der Waals surface area contributed by atoms with Crippen molar-refractivity contribution < 1.29 is 14.4 Å². The molecular formula is C27H29N3O3S. The predicted octanol–water partition coefficient (Wildman–Crippen LogP) is 4.48. The third-order valence-electron chi connectivity index (χ3n) is 6.90. The Morgan fingerprint density at radius 1 is 0.882 bits per heavy atom. The summed E-state index contributed by atoms with van der Waals surface area (Å²) in [4.78, 5) is 47.8. The van der Waals surface area contributed by atoms with Gasteiger partial charge >= 0.3 is 0 Å². The normalized spacial score (nSPS) is 20.2. The number of fused-ring (bicyclic) bond motifs is 1. The van der Waals surface area contributed by atoms with Gasteiger partial charge in [0.05, 0.1) is 16.3 Å². The number of nitrogens with zero attached hydrogens (tertiary/aromatic N) is 3. The highest BCUT2D eigenvalue weighted by Crippen LogP contribution is 2.30. The number of aromatic nitrogens is 1. The molecule has 0 unspecified atom stereocenters. The van der Waals surface area contributed by atoms with Crippen molar-refractivity contribution in [3.8, 4) is 0 Å². The number of aryl methyl sites for hydroxylation is 1. The molecule has 2 fully saturated rings. The van der Waals surface area contributed by atoms with E-state index in [4.69, 9.17) is 0 Å². The Bertz CT molecular complexity index is 1160. The molecule has 0 N–H and O–H groups in total. The first-order valence-electron chi connectivity index (χ1n) is 12.2. The maximum Gasteiger partial charge on any atom is 0.246 e. The molecule has 0 spiro atoms. The van der Waals surface area contributed by atoms with Crippen molar-refractivity contribution in [1.82, 2.24) is 14.8 Å². The Kier molecular flexibility index (Phi) is 6.72. The summed E-state index contributed by atoms with van der Waals surface area (Å²) < 4.78 is 0.977. The molecule has 2 aromatic carbocycles. The number of Topliss-reactive ketones (excluding diaryl/α,β-unsaturated/α-hetero) is 1. The molecule has 3 aromatic rings. The highest BCUT2D eigenvalue weighted by Gasteiger charge is 2.42. The number of thiazole rings is 1. The van der Waals surface area contributed by atoms with Crippen LogP contribution in [-0.2, 0) is 16.0 Å². The molecule has 2 aliphatic rings. The summed E-state index contributed by atoms with van der Waals surface area (Å²) in [6, 6.07) is 16.9. The van der Waals surface area contributed by atoms with Crippen molar-refractivity contribution in [2.75, 3.05) is 13.1 Å². The number of para-hydroxylation sites is 1. The van der Waals surface area contributed by atoms with E-state index in [1.807, 2.05) is 42.5 Å². The van der Waals surface area contributed by atoms with Crippen LogP contribution in [0.25, 0.3) is 10.2 Å². The van der Waals surface area contributed by atoms with Gasteiger partial charge in [-0.3, -0.25) is 14.4 Å². The largest absolute Gasteiger partial charge is 0.331 e. The van der Waals surface area contributed by atoms with Gasteiger partial charge in [-0.05, 0) is 56.2 Å². The van der Waals surface area contributed by atoms with Crippen LogP contribution in [0.2, 0.25) is 0 Å². The Morgan fingerprint density at radius 2 is 1.59 bits per heavy atom. The van der Waals surface area contributed by atoms with Crippen molar-refractivity contribution >= 4 is 39.2 Å². The first kappa shape index (κ1) is 22.7. The summed E-state index contributed by atoms with van der Waals surface area (Å²) >= 11 is 1.39. The number of carbonyl (C=O) groups is 3. The number of benzene rings is 2. The molecule has 2 amide bonds. The number of carbonyl (C=O) groups excluding carboxylic acids is 3. The van der Waals surface area contributed by atoms with E-state index in [9.17, 15) is 14.4 Å². The van der Waals surface area contributed by atoms with E-state index < -0.39 is 12.1 Å². The fraction of sp³-hybridized carbons (Fsp3) is 0.407. The maximum atomic E-state index is 13.5. The number of rotatable bonds is 7. The van der Waals surface area contributed by atoms with Crippen LogP contribution in [0.4, 0.5) is 0 Å². The quantitative estimate of drug-likeness (QED) is 0.472. The minimum absolute atomic E-state index is 0.0417. The minimum atomic E-state index is -0.483. The SMILES string of the molecule is O=C(c1nc2ccccc2s1)[C@@H]1CCCN1C(=O)[C@@H]1CCCN1C(=O)CCCc1ccccc1. The fourth-order valence-corrected chi connectivity index (χ4v) is 6.12. The lowest BCUT2D eigenvalue weighted by atomic mass is 10.1. The Morgan fingerprint density at radius 3 is 2.38 bits per heavy atom. The molecule has 5 rings (SSSR count). The summed E-state index contributed by atoms with van der Waals surface area (Å²) in [5.41, 5.74) is 2.03. The van der Waals surface area contributed by atoms with Crippen LogP contribution in [0, 0.1) is 0 Å². The number of ketones is 1. The fourth-order valence-electron chi connectivity index (χ4n) is 5.17. The highest BCUT2D eigenvalue weighted by atomic mass is 32.1. The molecule has 6 nitrogen and oxygen atoms in total. The van der Waals surface area contributed by atoms with Crippen LogP contribution in [0.3, 0.4) is 0 Å². The molecule has 0 radical (unpaired) electrons. The van der Waals surface area contributed by atoms with E-state index in [1.165, 1.54) is 16.9 Å². The molecule has 2 aliphatic heterocycles. The topological polar surface area (TPSA) is 70.6 Å². The van der Waals surface area contributed by atoms with Crippen molar-refractivity contribution in [2.24, 2.45) is 0 Å². The molecule has 3 heterocycles. The number of hydrogen-bond acceptors (Lipinski definition) is 5. The second kappa shape index (κ2) is 10.1. The summed E-state index contributed by atoms with van der Waals surface area (Å²) in [5.74, 6) is -0.114. The van der Waals surface area contributed by atoms with Gasteiger partial charge < -0.3 is 9.80 Å². The van der Waals surface area contributed by atoms with Gasteiger partial charge in [0, 0.05) is 19.5 Å². The van der Waals surface area contributed by atoms with Gasteiger partial charge in [-0.1, -0.05) is 42.5 Å². The third-order valence-corrected chi connectivity index (χ3v) is 7.95. The summed E-state index contributed by atoms with van der Waals surface area (Å²) in [7, 11) is 0. The molecule has 34 heavy (non-hydrogen) atoms. The molecule has 176 valence electrons. The molecule has 2 saturated heterocycles. The average molecular weight is 476 g/mol. The standard InChI is InChI=1S/C27H29N3O3S/c31-24(16-6-11-19-9-2-1-3-10-19)29-17-8-14-22(29)27(33)30-18-7-13-21(30)25(32)26-28-20-12-4-5-15-23(20)34-26/h1-5,9-10,12,15,21-22H,6-8,11,13-14,16-18H2/t21-,22-/m0/s1. The smallest absolute Gasteiger partial charge is 0.246 e. The lowest BCUT2D eigenvalue weighted by Gasteiger charge is -2.30. The molecule has 0 saturated carbocycles. The van der Waals surface area contributed by atoms with Crippen molar-refractivity contribution in [3.63, 3.8) is 0 Å². The molecular weight excluding hydrogens is 446 g/mol. The average Bonchev–Trinajstić information content (AvgIpc) is 3.63. The van der Waals surface area contributed by atoms with Crippen molar-refractivity contribution in [1.29, 1.82) is 0 Å². The van der Waals surface area contributed by atoms with E-state index in [-0.39, 0.29) is 17.6 Å². The zero-order valence-corrected chi connectivity index (χ0v) is 20.0. The Balaban J connectivity index is 1.24. The van der Waals surface area contributed by atoms with Gasteiger partial charge in [0.25, 0.3) is 0 Å². The molecule has 7 heteroatoms. The molecule has 1 aromatic heterocycles. The van der Waals surface area contributed by atoms with Gasteiger partial charge in [-0.2, -0.15) is 0 Å². The summed E-state index contributed by atoms with van der Waals surface area (Å²) in [5, 5.41) is 0.464. The van der Waals surface area contributed by atoms with E-state index in [2.05, 4.69) is 17.1 Å². The van der Waals surface area contributed by atoms with Crippen LogP contribution in [-0.4, -0.2) is 57.6 Å². The third kappa shape index (κ3) is 4.62. The van der Waals surface area contributed by atoms with Crippen LogP contribution >= 0.6 is 11.3 Å². The van der Waals surface area contributed by atoms with Gasteiger partial charge in [0.15, 0.2) is 5.01 Å². The van der Waals surface area contributed by atoms with Gasteiger partial charge in [-0.25, -0.2) is 4.98 Å². The minimum Gasteiger partial charge on any atom is -0.331 e. The second-order valence-electron chi connectivity index (χ2n) is 9.12. The zero-order chi connectivity index (χ0) is 23.5. The van der Waals surface area contributed by atoms with Crippen LogP contribution < -0.4 is 0 Å². The summed E-state index contributed by atoms with van der Waals surface area (Å²) in [6.45, 7) is 1.18. The molecule has 2 atom stereocenters. The monoisotopic (exact) mass is 475 g/mol. The van der Waals surface area contributed by atoms with Gasteiger partial charge in [-0.15, -0.1) is 11.3 Å². The predicted molar refractivity (Wildman–Crippen MR) is 133 cm³/mol. The summed E-state index contributed by atoms with van der Waals surface area (Å²) in [6.07, 6.45) is 5.00. The van der Waals surface area contributed by atoms with Gasteiger partial charge in [0.1, 0.15) is 6.04 Å². The zero-order valence-electron chi connectivity index (χ0n) is 19.2. The van der Waals surface area contributed by atoms with E-state index >= 15 is 0 Å². The Hall–Kier alpha value is -3.06. The molecule has 0 bridgehead atoms. The number of amides is 2. The van der Waals surface area contributed by atoms with E-state index in [0.717, 1.165) is 35.9 Å². The number of hydrogen-bond donors (Lipinski definition) is 0. The lowest BCUT2D eigenvalue weighted by molar-refractivity contribution is -0.144. The lowest BCUT2D eigenvalue weighted by Crippen LogP contribution is -2.51. The van der Waals surface area contributed by atoms with Crippen LogP contribution in [0.1, 0.15) is 53.9 Å². The first-order chi connectivity index (χ1) is 16.6. The second-order valence-corrected chi connectivity index (χ2v) is 10.2. The van der Waals surface area contributed by atoms with Crippen LogP contribution in [0.15, 0.2) is 54.6 Å². The maximum absolute atomic E-state index is 13.5.